The van der Waals surface area contributed by atoms with Crippen LogP contribution in [0.2, 0.25) is 0 Å². The van der Waals surface area contributed by atoms with Crippen LogP contribution < -0.4 is 10.6 Å². The van der Waals surface area contributed by atoms with Gasteiger partial charge in [0, 0.05) is 11.3 Å². The van der Waals surface area contributed by atoms with E-state index in [0.29, 0.717) is 6.54 Å². The summed E-state index contributed by atoms with van der Waals surface area (Å²) in [4.78, 5) is 41.2. The largest absolute Gasteiger partial charge is 0.449 e. The molecule has 0 saturated carbocycles. The highest BCUT2D eigenvalue weighted by Crippen LogP contribution is 2.40. The van der Waals surface area contributed by atoms with Gasteiger partial charge in [-0.3, -0.25) is 9.59 Å². The van der Waals surface area contributed by atoms with Crippen LogP contribution in [0.1, 0.15) is 51.3 Å². The van der Waals surface area contributed by atoms with Crippen LogP contribution in [0, 0.1) is 12.3 Å². The van der Waals surface area contributed by atoms with Gasteiger partial charge in [0.1, 0.15) is 6.04 Å². The Morgan fingerprint density at radius 2 is 1.74 bits per heavy atom. The second kappa shape index (κ2) is 12.9. The highest BCUT2D eigenvalue weighted by atomic mass is 32.2. The number of ether oxygens (including phenoxy) is 1. The second-order valence-corrected chi connectivity index (χ2v) is 13.4. The standard InChI is InChI=1S/C30H41N3O5S/c1-20-12-10-11-15-22(20)17-31-26(35)25-30(5,6)39-19-33(25)27(36)24(34)23(16-21-13-8-7-9-14-21)32-28(37)38-18-29(2,3)4/h7-15,23-25,34H,16-19H2,1-6H3,(H,31,35)(H,32,37)/t23-,24-,25+/m0/s1. The normalized spacial score (nSPS) is 18.2. The van der Waals surface area contributed by atoms with Crippen molar-refractivity contribution in [2.24, 2.45) is 5.41 Å². The molecule has 3 N–H and O–H groups in total. The minimum atomic E-state index is -1.58. The smallest absolute Gasteiger partial charge is 0.407 e. The highest BCUT2D eigenvalue weighted by molar-refractivity contribution is 8.00. The summed E-state index contributed by atoms with van der Waals surface area (Å²) in [5, 5.41) is 17.0. The number of aliphatic hydroxyl groups excluding tert-OH is 1. The fraction of sp³-hybridized carbons (Fsp3) is 0.500. The molecule has 8 nitrogen and oxygen atoms in total. The Kier molecular flexibility index (Phi) is 10.1. The zero-order valence-corrected chi connectivity index (χ0v) is 24.5. The van der Waals surface area contributed by atoms with Crippen molar-refractivity contribution in [2.75, 3.05) is 12.5 Å². The maximum atomic E-state index is 13.7. The van der Waals surface area contributed by atoms with Crippen LogP contribution in [0.3, 0.4) is 0 Å². The van der Waals surface area contributed by atoms with Crippen molar-refractivity contribution in [1.29, 1.82) is 0 Å². The Bertz CT molecular complexity index is 1150. The number of hydrogen-bond acceptors (Lipinski definition) is 6. The second-order valence-electron chi connectivity index (χ2n) is 11.8. The molecule has 39 heavy (non-hydrogen) atoms. The Morgan fingerprint density at radius 1 is 1.10 bits per heavy atom. The van der Waals surface area contributed by atoms with Gasteiger partial charge in [-0.25, -0.2) is 4.79 Å². The molecule has 0 spiro atoms. The van der Waals surface area contributed by atoms with Gasteiger partial charge >= 0.3 is 6.09 Å². The molecule has 0 radical (unpaired) electrons. The summed E-state index contributed by atoms with van der Waals surface area (Å²) in [7, 11) is 0. The minimum absolute atomic E-state index is 0.182. The molecule has 9 heteroatoms. The van der Waals surface area contributed by atoms with Crippen molar-refractivity contribution in [3.63, 3.8) is 0 Å². The van der Waals surface area contributed by atoms with Gasteiger partial charge in [-0.1, -0.05) is 75.4 Å². The van der Waals surface area contributed by atoms with Crippen LogP contribution in [0.15, 0.2) is 54.6 Å². The number of amides is 3. The molecule has 3 amide bonds. The first-order valence-electron chi connectivity index (χ1n) is 13.2. The van der Waals surface area contributed by atoms with Crippen molar-refractivity contribution in [2.45, 2.75) is 77.4 Å². The molecule has 3 atom stereocenters. The van der Waals surface area contributed by atoms with Crippen molar-refractivity contribution in [1.82, 2.24) is 15.5 Å². The number of aryl methyl sites for hydroxylation is 1. The number of carbonyl (C=O) groups is 3. The van der Waals surface area contributed by atoms with Gasteiger partial charge in [-0.15, -0.1) is 11.8 Å². The third kappa shape index (κ3) is 8.47. The van der Waals surface area contributed by atoms with Crippen LogP contribution in [-0.2, 0) is 27.3 Å². The lowest BCUT2D eigenvalue weighted by atomic mass is 9.97. The van der Waals surface area contributed by atoms with Gasteiger partial charge in [0.25, 0.3) is 5.91 Å². The van der Waals surface area contributed by atoms with Gasteiger partial charge in [0.2, 0.25) is 5.91 Å². The molecule has 1 aliphatic heterocycles. The molecule has 0 bridgehead atoms. The molecule has 0 aliphatic carbocycles. The predicted octanol–water partition coefficient (Wildman–Crippen LogP) is 4.04. The summed E-state index contributed by atoms with van der Waals surface area (Å²) >= 11 is 1.48. The molecular weight excluding hydrogens is 514 g/mol. The summed E-state index contributed by atoms with van der Waals surface area (Å²) in [5.74, 6) is -0.648. The van der Waals surface area contributed by atoms with E-state index in [-0.39, 0.29) is 30.2 Å². The predicted molar refractivity (Wildman–Crippen MR) is 154 cm³/mol. The summed E-state index contributed by atoms with van der Waals surface area (Å²) in [6.45, 7) is 12.2. The van der Waals surface area contributed by atoms with Crippen LogP contribution >= 0.6 is 11.8 Å². The monoisotopic (exact) mass is 555 g/mol. The van der Waals surface area contributed by atoms with Gasteiger partial charge in [0.05, 0.1) is 18.5 Å². The lowest BCUT2D eigenvalue weighted by Gasteiger charge is -2.33. The molecule has 1 aliphatic rings. The summed E-state index contributed by atoms with van der Waals surface area (Å²) < 4.78 is 4.78. The van der Waals surface area contributed by atoms with Crippen LogP contribution in [0.4, 0.5) is 4.79 Å². The van der Waals surface area contributed by atoms with Crippen molar-refractivity contribution >= 4 is 29.7 Å². The number of aliphatic hydroxyl groups is 1. The third-order valence-corrected chi connectivity index (χ3v) is 8.04. The van der Waals surface area contributed by atoms with E-state index >= 15 is 0 Å². The van der Waals surface area contributed by atoms with Gasteiger partial charge in [-0.2, -0.15) is 0 Å². The van der Waals surface area contributed by atoms with Gasteiger partial charge < -0.3 is 25.4 Å². The van der Waals surface area contributed by atoms with E-state index < -0.39 is 34.9 Å². The number of carbonyl (C=O) groups excluding carboxylic acids is 3. The highest BCUT2D eigenvalue weighted by Gasteiger charge is 2.49. The zero-order valence-electron chi connectivity index (χ0n) is 23.7. The molecule has 3 rings (SSSR count). The molecule has 1 fully saturated rings. The van der Waals surface area contributed by atoms with Gasteiger partial charge in [0.15, 0.2) is 6.10 Å². The Labute approximate surface area is 235 Å². The van der Waals surface area contributed by atoms with Crippen LogP contribution in [0.25, 0.3) is 0 Å². The van der Waals surface area contributed by atoms with E-state index in [4.69, 9.17) is 4.74 Å². The Morgan fingerprint density at radius 3 is 2.38 bits per heavy atom. The molecule has 0 aromatic heterocycles. The topological polar surface area (TPSA) is 108 Å². The fourth-order valence-corrected chi connectivity index (χ4v) is 5.57. The van der Waals surface area contributed by atoms with E-state index in [9.17, 15) is 19.5 Å². The number of nitrogens with one attached hydrogen (secondary N) is 2. The van der Waals surface area contributed by atoms with Crippen LogP contribution in [0.5, 0.6) is 0 Å². The maximum Gasteiger partial charge on any atom is 0.407 e. The lowest BCUT2D eigenvalue weighted by molar-refractivity contribution is -0.147. The number of nitrogens with zero attached hydrogens (tertiary/aromatic N) is 1. The summed E-state index contributed by atoms with van der Waals surface area (Å²) in [5.41, 5.74) is 2.66. The van der Waals surface area contributed by atoms with E-state index in [1.165, 1.54) is 16.7 Å². The molecule has 2 aromatic carbocycles. The molecule has 1 heterocycles. The minimum Gasteiger partial charge on any atom is -0.449 e. The van der Waals surface area contributed by atoms with Gasteiger partial charge in [-0.05, 0) is 49.3 Å². The van der Waals surface area contributed by atoms with E-state index in [1.807, 2.05) is 96.1 Å². The molecule has 212 valence electrons. The zero-order chi connectivity index (χ0) is 28.8. The van der Waals surface area contributed by atoms with Crippen LogP contribution in [-0.4, -0.2) is 63.3 Å². The average molecular weight is 556 g/mol. The molecule has 2 aromatic rings. The number of benzene rings is 2. The maximum absolute atomic E-state index is 13.7. The Hall–Kier alpha value is -3.04. The number of thioether (sulfide) groups is 1. The molecular formula is C30H41N3O5S. The first-order chi connectivity index (χ1) is 18.3. The number of alkyl carbamates (subject to hydrolysis) is 1. The first-order valence-corrected chi connectivity index (χ1v) is 14.2. The third-order valence-electron chi connectivity index (χ3n) is 6.66. The number of rotatable bonds is 9. The molecule has 0 unspecified atom stereocenters. The van der Waals surface area contributed by atoms with Crippen molar-refractivity contribution in [3.05, 3.63) is 71.3 Å². The van der Waals surface area contributed by atoms with E-state index in [2.05, 4.69) is 10.6 Å². The van der Waals surface area contributed by atoms with Crippen molar-refractivity contribution < 1.29 is 24.2 Å². The fourth-order valence-electron chi connectivity index (χ4n) is 4.43. The summed E-state index contributed by atoms with van der Waals surface area (Å²) in [6.07, 6.45) is -2.07. The Balaban J connectivity index is 1.77. The number of hydrogen-bond donors (Lipinski definition) is 3. The van der Waals surface area contributed by atoms with Crippen molar-refractivity contribution in [3.8, 4) is 0 Å². The van der Waals surface area contributed by atoms with E-state index in [0.717, 1.165) is 16.7 Å². The van der Waals surface area contributed by atoms with E-state index in [1.54, 1.807) is 0 Å². The quantitative estimate of drug-likeness (QED) is 0.431. The average Bonchev–Trinajstić information content (AvgIpc) is 3.20. The first kappa shape index (κ1) is 30.5. The molecule has 1 saturated heterocycles. The lowest BCUT2D eigenvalue weighted by Crippen LogP contribution is -2.58. The summed E-state index contributed by atoms with van der Waals surface area (Å²) in [6, 6.07) is 15.4. The SMILES string of the molecule is Cc1ccccc1CNC(=O)[C@H]1N(C(=O)[C@@H](O)[C@H](Cc2ccccc2)NC(=O)OCC(C)(C)C)CSC1(C)C.